The van der Waals surface area contributed by atoms with E-state index in [0.29, 0.717) is 23.6 Å². The van der Waals surface area contributed by atoms with E-state index in [0.717, 1.165) is 30.9 Å². The average Bonchev–Trinajstić information content (AvgIpc) is 2.82. The minimum Gasteiger partial charge on any atom is -0.497 e. The minimum atomic E-state index is -0.220. The third kappa shape index (κ3) is 4.22. The van der Waals surface area contributed by atoms with E-state index in [9.17, 15) is 4.79 Å². The van der Waals surface area contributed by atoms with Gasteiger partial charge in [-0.2, -0.15) is 0 Å². The number of hydrogen-bond acceptors (Lipinski definition) is 5. The molecule has 0 radical (unpaired) electrons. The number of nitrogens with one attached hydrogen (secondary N) is 1. The Kier molecular flexibility index (Phi) is 5.84. The topological polar surface area (TPSA) is 63.7 Å². The Labute approximate surface area is 176 Å². The van der Waals surface area contributed by atoms with Gasteiger partial charge in [0.1, 0.15) is 17.3 Å². The molecule has 0 saturated carbocycles. The molecular weight excluding hydrogens is 378 g/mol. The van der Waals surface area contributed by atoms with Crippen molar-refractivity contribution in [2.75, 3.05) is 25.7 Å². The zero-order valence-corrected chi connectivity index (χ0v) is 17.2. The quantitative estimate of drug-likeness (QED) is 0.681. The maximum Gasteiger partial charge on any atom is 0.255 e. The van der Waals surface area contributed by atoms with Gasteiger partial charge in [-0.25, -0.2) is 4.98 Å². The van der Waals surface area contributed by atoms with Crippen molar-refractivity contribution in [3.05, 3.63) is 83.0 Å². The van der Waals surface area contributed by atoms with Crippen molar-refractivity contribution in [1.29, 1.82) is 0 Å². The highest BCUT2D eigenvalue weighted by molar-refractivity contribution is 5.97. The van der Waals surface area contributed by atoms with E-state index in [1.807, 2.05) is 18.3 Å². The molecule has 0 saturated heterocycles. The number of methoxy groups -OCH3 is 2. The number of carbonyl (C=O) groups is 1. The van der Waals surface area contributed by atoms with Gasteiger partial charge in [-0.3, -0.25) is 4.79 Å². The van der Waals surface area contributed by atoms with Crippen LogP contribution in [0.25, 0.3) is 0 Å². The molecule has 1 aromatic heterocycles. The number of ether oxygens (including phenoxy) is 2. The second kappa shape index (κ2) is 8.86. The highest BCUT2D eigenvalue weighted by Gasteiger charge is 2.17. The Hall–Kier alpha value is -3.54. The van der Waals surface area contributed by atoms with Gasteiger partial charge in [0.15, 0.2) is 0 Å². The molecule has 4 rings (SSSR count). The number of fused-ring (bicyclic) bond motifs is 1. The molecular formula is C24H25N3O3. The van der Waals surface area contributed by atoms with Crippen LogP contribution in [-0.4, -0.2) is 31.7 Å². The fourth-order valence-electron chi connectivity index (χ4n) is 3.67. The SMILES string of the molecule is COc1ccc(OC)c(C(=O)NCc2ccc(N3CCc4ccccc4C3)nc2)c1. The Balaban J connectivity index is 1.39. The van der Waals surface area contributed by atoms with Gasteiger partial charge < -0.3 is 19.7 Å². The molecule has 0 aliphatic carbocycles. The Bertz CT molecular complexity index is 1030. The van der Waals surface area contributed by atoms with Crippen LogP contribution < -0.4 is 19.7 Å². The van der Waals surface area contributed by atoms with Crippen molar-refractivity contribution >= 4 is 11.7 Å². The molecule has 0 unspecified atom stereocenters. The third-order valence-corrected chi connectivity index (χ3v) is 5.37. The Morgan fingerprint density at radius 2 is 1.90 bits per heavy atom. The highest BCUT2D eigenvalue weighted by Crippen LogP contribution is 2.25. The average molecular weight is 403 g/mol. The lowest BCUT2D eigenvalue weighted by Gasteiger charge is -2.29. The number of amides is 1. The van der Waals surface area contributed by atoms with Gasteiger partial charge in [-0.15, -0.1) is 0 Å². The fourth-order valence-corrected chi connectivity index (χ4v) is 3.67. The number of benzene rings is 2. The van der Waals surface area contributed by atoms with Crippen LogP contribution in [0.1, 0.15) is 27.0 Å². The summed E-state index contributed by atoms with van der Waals surface area (Å²) < 4.78 is 10.5. The molecule has 6 nitrogen and oxygen atoms in total. The predicted octanol–water partition coefficient (Wildman–Crippen LogP) is 3.59. The highest BCUT2D eigenvalue weighted by atomic mass is 16.5. The first kappa shape index (κ1) is 19.8. The molecule has 1 N–H and O–H groups in total. The molecule has 2 aromatic carbocycles. The summed E-state index contributed by atoms with van der Waals surface area (Å²) in [5, 5.41) is 2.93. The summed E-state index contributed by atoms with van der Waals surface area (Å²) in [6, 6.07) is 17.7. The number of rotatable bonds is 6. The first-order valence-electron chi connectivity index (χ1n) is 9.95. The van der Waals surface area contributed by atoms with Gasteiger partial charge >= 0.3 is 0 Å². The van der Waals surface area contributed by atoms with E-state index >= 15 is 0 Å². The lowest BCUT2D eigenvalue weighted by Crippen LogP contribution is -2.31. The zero-order valence-electron chi connectivity index (χ0n) is 17.2. The Morgan fingerprint density at radius 1 is 1.07 bits per heavy atom. The van der Waals surface area contributed by atoms with E-state index in [2.05, 4.69) is 39.5 Å². The van der Waals surface area contributed by atoms with Crippen molar-refractivity contribution < 1.29 is 14.3 Å². The number of aromatic nitrogens is 1. The molecule has 1 aliphatic heterocycles. The van der Waals surface area contributed by atoms with Gasteiger partial charge in [-0.1, -0.05) is 30.3 Å². The molecule has 1 amide bonds. The molecule has 0 bridgehead atoms. The number of pyridine rings is 1. The molecule has 154 valence electrons. The van der Waals surface area contributed by atoms with Crippen LogP contribution >= 0.6 is 0 Å². The Morgan fingerprint density at radius 3 is 2.63 bits per heavy atom. The first-order chi connectivity index (χ1) is 14.7. The van der Waals surface area contributed by atoms with Crippen LogP contribution in [0, 0.1) is 0 Å². The second-order valence-electron chi connectivity index (χ2n) is 7.21. The van der Waals surface area contributed by atoms with Gasteiger partial charge in [0.25, 0.3) is 5.91 Å². The van der Waals surface area contributed by atoms with Crippen LogP contribution in [-0.2, 0) is 19.5 Å². The normalized spacial score (nSPS) is 12.8. The van der Waals surface area contributed by atoms with Crippen molar-refractivity contribution in [1.82, 2.24) is 10.3 Å². The fraction of sp³-hybridized carbons (Fsp3) is 0.250. The summed E-state index contributed by atoms with van der Waals surface area (Å²) in [5.41, 5.74) is 4.15. The van der Waals surface area contributed by atoms with E-state index in [1.165, 1.54) is 11.1 Å². The largest absolute Gasteiger partial charge is 0.497 e. The maximum absolute atomic E-state index is 12.6. The molecule has 2 heterocycles. The van der Waals surface area contributed by atoms with Crippen LogP contribution in [0.3, 0.4) is 0 Å². The third-order valence-electron chi connectivity index (χ3n) is 5.37. The second-order valence-corrected chi connectivity index (χ2v) is 7.21. The van der Waals surface area contributed by atoms with Crippen molar-refractivity contribution in [2.45, 2.75) is 19.5 Å². The van der Waals surface area contributed by atoms with E-state index in [1.54, 1.807) is 32.4 Å². The summed E-state index contributed by atoms with van der Waals surface area (Å²) in [6.07, 6.45) is 2.84. The molecule has 0 atom stereocenters. The van der Waals surface area contributed by atoms with E-state index in [-0.39, 0.29) is 5.91 Å². The van der Waals surface area contributed by atoms with E-state index in [4.69, 9.17) is 9.47 Å². The zero-order chi connectivity index (χ0) is 20.9. The van der Waals surface area contributed by atoms with Gasteiger partial charge in [0.05, 0.1) is 19.8 Å². The van der Waals surface area contributed by atoms with E-state index < -0.39 is 0 Å². The minimum absolute atomic E-state index is 0.220. The van der Waals surface area contributed by atoms with Crippen LogP contribution in [0.15, 0.2) is 60.8 Å². The predicted molar refractivity (Wildman–Crippen MR) is 116 cm³/mol. The van der Waals surface area contributed by atoms with Crippen LogP contribution in [0.4, 0.5) is 5.82 Å². The van der Waals surface area contributed by atoms with Gasteiger partial charge in [-0.05, 0) is 47.4 Å². The molecule has 30 heavy (non-hydrogen) atoms. The maximum atomic E-state index is 12.6. The standard InChI is InChI=1S/C24H25N3O3/c1-29-20-8-9-22(30-2)21(13-20)24(28)26-15-17-7-10-23(25-14-17)27-12-11-18-5-3-4-6-19(18)16-27/h3-10,13-14H,11-12,15-16H2,1-2H3,(H,26,28). The van der Waals surface area contributed by atoms with Gasteiger partial charge in [0.2, 0.25) is 0 Å². The lowest BCUT2D eigenvalue weighted by molar-refractivity contribution is 0.0947. The van der Waals surface area contributed by atoms with Crippen LogP contribution in [0.5, 0.6) is 11.5 Å². The van der Waals surface area contributed by atoms with Crippen molar-refractivity contribution in [3.8, 4) is 11.5 Å². The monoisotopic (exact) mass is 403 g/mol. The molecule has 6 heteroatoms. The summed E-state index contributed by atoms with van der Waals surface area (Å²) in [7, 11) is 3.11. The number of nitrogens with zero attached hydrogens (tertiary/aromatic N) is 2. The summed E-state index contributed by atoms with van der Waals surface area (Å²) >= 11 is 0. The molecule has 3 aromatic rings. The molecule has 0 fully saturated rings. The first-order valence-corrected chi connectivity index (χ1v) is 9.95. The van der Waals surface area contributed by atoms with Crippen molar-refractivity contribution in [2.24, 2.45) is 0 Å². The summed E-state index contributed by atoms with van der Waals surface area (Å²) in [5.74, 6) is 1.85. The van der Waals surface area contributed by atoms with Crippen LogP contribution in [0.2, 0.25) is 0 Å². The lowest BCUT2D eigenvalue weighted by atomic mass is 10.00. The number of hydrogen-bond donors (Lipinski definition) is 1. The molecule has 1 aliphatic rings. The number of anilines is 1. The van der Waals surface area contributed by atoms with Crippen molar-refractivity contribution in [3.63, 3.8) is 0 Å². The van der Waals surface area contributed by atoms with Gasteiger partial charge in [0, 0.05) is 25.8 Å². The molecule has 0 spiro atoms. The summed E-state index contributed by atoms with van der Waals surface area (Å²) in [4.78, 5) is 19.5. The smallest absolute Gasteiger partial charge is 0.255 e. The number of carbonyl (C=O) groups excluding carboxylic acids is 1. The summed E-state index contributed by atoms with van der Waals surface area (Å²) in [6.45, 7) is 2.21.